The van der Waals surface area contributed by atoms with Crippen molar-refractivity contribution in [3.05, 3.63) is 18.2 Å². The molecule has 6 heteroatoms. The summed E-state index contributed by atoms with van der Waals surface area (Å²) in [7, 11) is 0. The van der Waals surface area contributed by atoms with Crippen LogP contribution >= 0.6 is 0 Å². The van der Waals surface area contributed by atoms with Crippen LogP contribution in [0.4, 0.5) is 0 Å². The Kier molecular flexibility index (Phi) is 6.91. The summed E-state index contributed by atoms with van der Waals surface area (Å²) in [4.78, 5) is 33.5. The molecule has 0 unspecified atom stereocenters. The van der Waals surface area contributed by atoms with E-state index in [-0.39, 0.29) is 17.7 Å². The Morgan fingerprint density at radius 2 is 1.93 bits per heavy atom. The summed E-state index contributed by atoms with van der Waals surface area (Å²) in [5.74, 6) is 2.07. The predicted molar refractivity (Wildman–Crippen MR) is 105 cm³/mol. The highest BCUT2D eigenvalue weighted by Crippen LogP contribution is 2.29. The maximum Gasteiger partial charge on any atom is 0.227 e. The molecule has 6 nitrogen and oxygen atoms in total. The van der Waals surface area contributed by atoms with Crippen LogP contribution in [0.25, 0.3) is 0 Å². The van der Waals surface area contributed by atoms with Crippen LogP contribution in [0.2, 0.25) is 0 Å². The van der Waals surface area contributed by atoms with Gasteiger partial charge >= 0.3 is 0 Å². The minimum Gasteiger partial charge on any atom is -0.342 e. The fourth-order valence-corrected chi connectivity index (χ4v) is 4.42. The second-order valence-electron chi connectivity index (χ2n) is 8.01. The van der Waals surface area contributed by atoms with Crippen molar-refractivity contribution in [3.8, 4) is 0 Å². The van der Waals surface area contributed by atoms with Gasteiger partial charge in [-0.25, -0.2) is 4.98 Å². The van der Waals surface area contributed by atoms with Gasteiger partial charge in [0.05, 0.1) is 5.92 Å². The molecule has 0 aromatic carbocycles. The number of aryl methyl sites for hydroxylation is 1. The van der Waals surface area contributed by atoms with Crippen LogP contribution in [-0.4, -0.2) is 57.3 Å². The summed E-state index contributed by atoms with van der Waals surface area (Å²) < 4.78 is 2.29. The van der Waals surface area contributed by atoms with Gasteiger partial charge in [0.15, 0.2) is 0 Å². The number of piperidine rings is 2. The number of amides is 2. The molecular formula is C21H34N4O2. The Morgan fingerprint density at radius 3 is 2.63 bits per heavy atom. The molecule has 27 heavy (non-hydrogen) atoms. The Bertz CT molecular complexity index is 634. The molecule has 2 amide bonds. The molecule has 0 radical (unpaired) electrons. The Labute approximate surface area is 162 Å². The minimum atomic E-state index is -0.0164. The zero-order valence-electron chi connectivity index (χ0n) is 16.9. The van der Waals surface area contributed by atoms with Crippen molar-refractivity contribution in [2.75, 3.05) is 26.2 Å². The van der Waals surface area contributed by atoms with Gasteiger partial charge in [0.25, 0.3) is 0 Å². The largest absolute Gasteiger partial charge is 0.342 e. The molecule has 1 aromatic heterocycles. The number of hydrogen-bond donors (Lipinski definition) is 0. The number of rotatable bonds is 7. The van der Waals surface area contributed by atoms with Crippen molar-refractivity contribution in [1.29, 1.82) is 0 Å². The SMILES string of the molecule is CCCCn1ccnc1C1CCN(C(=O)[C@@H]2CCC(=O)N(CCC)C2)CC1. The van der Waals surface area contributed by atoms with Crippen molar-refractivity contribution >= 4 is 11.8 Å². The molecule has 3 heterocycles. The van der Waals surface area contributed by atoms with E-state index in [4.69, 9.17) is 0 Å². The Morgan fingerprint density at radius 1 is 1.15 bits per heavy atom. The van der Waals surface area contributed by atoms with Crippen molar-refractivity contribution in [2.24, 2.45) is 5.92 Å². The van der Waals surface area contributed by atoms with E-state index in [0.717, 1.165) is 45.4 Å². The molecule has 1 aromatic rings. The first-order valence-electron chi connectivity index (χ1n) is 10.7. The van der Waals surface area contributed by atoms with Gasteiger partial charge < -0.3 is 14.4 Å². The van der Waals surface area contributed by atoms with E-state index in [1.54, 1.807) is 0 Å². The smallest absolute Gasteiger partial charge is 0.227 e. The third-order valence-corrected chi connectivity index (χ3v) is 6.01. The van der Waals surface area contributed by atoms with E-state index in [0.29, 0.717) is 25.3 Å². The van der Waals surface area contributed by atoms with Gasteiger partial charge in [-0.1, -0.05) is 20.3 Å². The molecule has 2 fully saturated rings. The highest BCUT2D eigenvalue weighted by molar-refractivity contribution is 5.84. The molecule has 2 saturated heterocycles. The lowest BCUT2D eigenvalue weighted by atomic mass is 9.92. The van der Waals surface area contributed by atoms with Gasteiger partial charge in [0.2, 0.25) is 11.8 Å². The molecule has 1 atom stereocenters. The number of carbonyl (C=O) groups excluding carboxylic acids is 2. The van der Waals surface area contributed by atoms with Crippen molar-refractivity contribution in [3.63, 3.8) is 0 Å². The lowest BCUT2D eigenvalue weighted by Gasteiger charge is -2.37. The standard InChI is InChI=1S/C21H34N4O2/c1-3-5-12-23-15-10-22-20(23)17-8-13-24(14-9-17)21(27)18-6-7-19(26)25(16-18)11-4-2/h10,15,17-18H,3-9,11-14,16H2,1-2H3/t18-/m1/s1. The number of unbranched alkanes of at least 4 members (excludes halogenated alkanes) is 1. The minimum absolute atomic E-state index is 0.0164. The number of imidazole rings is 1. The number of likely N-dealkylation sites (tertiary alicyclic amines) is 2. The van der Waals surface area contributed by atoms with Gasteiger partial charge in [0, 0.05) is 57.5 Å². The normalized spacial score (nSPS) is 21.7. The zero-order valence-corrected chi connectivity index (χ0v) is 16.9. The summed E-state index contributed by atoms with van der Waals surface area (Å²) >= 11 is 0. The first-order valence-corrected chi connectivity index (χ1v) is 10.7. The first-order chi connectivity index (χ1) is 13.1. The van der Waals surface area contributed by atoms with Crippen LogP contribution in [-0.2, 0) is 16.1 Å². The van der Waals surface area contributed by atoms with Crippen molar-refractivity contribution in [1.82, 2.24) is 19.4 Å². The quantitative estimate of drug-likeness (QED) is 0.737. The van der Waals surface area contributed by atoms with Gasteiger partial charge in [-0.05, 0) is 32.1 Å². The topological polar surface area (TPSA) is 58.4 Å². The summed E-state index contributed by atoms with van der Waals surface area (Å²) in [6.07, 6.45) is 10.5. The summed E-state index contributed by atoms with van der Waals surface area (Å²) in [6.45, 7) is 8.31. The van der Waals surface area contributed by atoms with Crippen LogP contribution in [0.1, 0.15) is 70.5 Å². The number of nitrogens with zero attached hydrogens (tertiary/aromatic N) is 4. The van der Waals surface area contributed by atoms with Gasteiger partial charge in [-0.3, -0.25) is 9.59 Å². The zero-order chi connectivity index (χ0) is 19.2. The molecule has 0 N–H and O–H groups in total. The lowest BCUT2D eigenvalue weighted by Crippen LogP contribution is -2.48. The van der Waals surface area contributed by atoms with Gasteiger partial charge in [-0.2, -0.15) is 0 Å². The Balaban J connectivity index is 1.54. The molecule has 0 bridgehead atoms. The van der Waals surface area contributed by atoms with E-state index in [2.05, 4.69) is 29.6 Å². The fourth-order valence-electron chi connectivity index (χ4n) is 4.42. The van der Waals surface area contributed by atoms with E-state index >= 15 is 0 Å². The van der Waals surface area contributed by atoms with Crippen LogP contribution < -0.4 is 0 Å². The molecule has 0 aliphatic carbocycles. The van der Waals surface area contributed by atoms with Crippen LogP contribution in [0.5, 0.6) is 0 Å². The molecule has 3 rings (SSSR count). The van der Waals surface area contributed by atoms with Crippen LogP contribution in [0, 0.1) is 5.92 Å². The third kappa shape index (κ3) is 4.71. The van der Waals surface area contributed by atoms with E-state index in [9.17, 15) is 9.59 Å². The van der Waals surface area contributed by atoms with Crippen LogP contribution in [0.3, 0.4) is 0 Å². The van der Waals surface area contributed by atoms with E-state index in [1.807, 2.05) is 16.0 Å². The van der Waals surface area contributed by atoms with E-state index in [1.165, 1.54) is 18.7 Å². The summed E-state index contributed by atoms with van der Waals surface area (Å²) in [6, 6.07) is 0. The number of carbonyl (C=O) groups is 2. The summed E-state index contributed by atoms with van der Waals surface area (Å²) in [5.41, 5.74) is 0. The highest BCUT2D eigenvalue weighted by Gasteiger charge is 2.34. The maximum atomic E-state index is 13.0. The number of aromatic nitrogens is 2. The second kappa shape index (κ2) is 9.38. The van der Waals surface area contributed by atoms with Crippen molar-refractivity contribution in [2.45, 2.75) is 71.3 Å². The lowest BCUT2D eigenvalue weighted by molar-refractivity contribution is -0.143. The molecular weight excluding hydrogens is 340 g/mol. The molecule has 0 spiro atoms. The van der Waals surface area contributed by atoms with E-state index < -0.39 is 0 Å². The average Bonchev–Trinajstić information content (AvgIpc) is 3.16. The third-order valence-electron chi connectivity index (χ3n) is 6.01. The van der Waals surface area contributed by atoms with Crippen molar-refractivity contribution < 1.29 is 9.59 Å². The second-order valence-corrected chi connectivity index (χ2v) is 8.01. The fraction of sp³-hybridized carbons (Fsp3) is 0.762. The van der Waals surface area contributed by atoms with Gasteiger partial charge in [0.1, 0.15) is 5.82 Å². The molecule has 150 valence electrons. The van der Waals surface area contributed by atoms with Crippen LogP contribution in [0.15, 0.2) is 12.4 Å². The molecule has 0 saturated carbocycles. The summed E-state index contributed by atoms with van der Waals surface area (Å²) in [5, 5.41) is 0. The number of hydrogen-bond acceptors (Lipinski definition) is 3. The predicted octanol–water partition coefficient (Wildman–Crippen LogP) is 3.04. The van der Waals surface area contributed by atoms with Gasteiger partial charge in [-0.15, -0.1) is 0 Å². The highest BCUT2D eigenvalue weighted by atomic mass is 16.2. The first kappa shape index (κ1) is 19.9. The monoisotopic (exact) mass is 374 g/mol. The molecule has 2 aliphatic heterocycles. The molecule has 2 aliphatic rings. The Hall–Kier alpha value is -1.85. The maximum absolute atomic E-state index is 13.0. The average molecular weight is 375 g/mol.